The fraction of sp³-hybridized carbons (Fsp3) is 0.625. The standard InChI is InChI=1S/C16H28N2O/c1-11(2)13(4)18(5)16(12(3)17)14-9-7-8-10-15(14)19-6/h7-13,16H,17H2,1-6H3. The highest BCUT2D eigenvalue weighted by atomic mass is 16.5. The molecule has 0 spiro atoms. The molecule has 0 aliphatic carbocycles. The maximum Gasteiger partial charge on any atom is 0.123 e. The van der Waals surface area contributed by atoms with Crippen molar-refractivity contribution in [2.75, 3.05) is 14.2 Å². The summed E-state index contributed by atoms with van der Waals surface area (Å²) in [6, 6.07) is 8.81. The lowest BCUT2D eigenvalue weighted by Crippen LogP contribution is -2.43. The number of nitrogens with two attached hydrogens (primary N) is 1. The van der Waals surface area contributed by atoms with Crippen LogP contribution in [0.4, 0.5) is 0 Å². The van der Waals surface area contributed by atoms with Crippen molar-refractivity contribution in [2.24, 2.45) is 11.7 Å². The SMILES string of the molecule is COc1ccccc1C(C(C)N)N(C)C(C)C(C)C. The molecular formula is C16H28N2O. The molecule has 3 atom stereocenters. The molecule has 0 aromatic heterocycles. The lowest BCUT2D eigenvalue weighted by atomic mass is 9.94. The number of hydrogen-bond acceptors (Lipinski definition) is 3. The summed E-state index contributed by atoms with van der Waals surface area (Å²) in [7, 11) is 3.86. The van der Waals surface area contributed by atoms with Crippen LogP contribution in [-0.2, 0) is 0 Å². The molecule has 1 aromatic carbocycles. The molecule has 0 bridgehead atoms. The zero-order valence-electron chi connectivity index (χ0n) is 13.1. The molecule has 0 aliphatic heterocycles. The zero-order chi connectivity index (χ0) is 14.6. The Balaban J connectivity index is 3.13. The van der Waals surface area contributed by atoms with Crippen LogP contribution in [0.2, 0.25) is 0 Å². The Hall–Kier alpha value is -1.06. The third-order valence-corrected chi connectivity index (χ3v) is 4.00. The number of benzene rings is 1. The molecule has 0 heterocycles. The van der Waals surface area contributed by atoms with Crippen LogP contribution in [0.5, 0.6) is 5.75 Å². The number of likely N-dealkylation sites (N-methyl/N-ethyl adjacent to an activating group) is 1. The second-order valence-electron chi connectivity index (χ2n) is 5.70. The Morgan fingerprint density at radius 2 is 1.68 bits per heavy atom. The summed E-state index contributed by atoms with van der Waals surface area (Å²) in [6.07, 6.45) is 0. The Morgan fingerprint density at radius 1 is 1.11 bits per heavy atom. The normalized spacial score (nSPS) is 16.5. The molecule has 0 amide bonds. The van der Waals surface area contributed by atoms with Gasteiger partial charge in [0.05, 0.1) is 13.2 Å². The number of ether oxygens (including phenoxy) is 1. The van der Waals surface area contributed by atoms with Crippen molar-refractivity contribution in [3.8, 4) is 5.75 Å². The van der Waals surface area contributed by atoms with Gasteiger partial charge < -0.3 is 10.5 Å². The Morgan fingerprint density at radius 3 is 2.16 bits per heavy atom. The first-order valence-corrected chi connectivity index (χ1v) is 7.00. The van der Waals surface area contributed by atoms with Gasteiger partial charge in [-0.15, -0.1) is 0 Å². The van der Waals surface area contributed by atoms with Gasteiger partial charge in [-0.3, -0.25) is 4.90 Å². The third kappa shape index (κ3) is 3.71. The minimum atomic E-state index is 0.0440. The maximum atomic E-state index is 6.23. The Labute approximate surface area is 117 Å². The van der Waals surface area contributed by atoms with E-state index in [2.05, 4.69) is 45.7 Å². The second-order valence-corrected chi connectivity index (χ2v) is 5.70. The van der Waals surface area contributed by atoms with Crippen LogP contribution in [-0.4, -0.2) is 31.1 Å². The van der Waals surface area contributed by atoms with E-state index in [0.717, 1.165) is 11.3 Å². The molecule has 1 rings (SSSR count). The first kappa shape index (κ1) is 16.0. The van der Waals surface area contributed by atoms with Crippen LogP contribution >= 0.6 is 0 Å². The molecule has 0 radical (unpaired) electrons. The van der Waals surface area contributed by atoms with E-state index in [4.69, 9.17) is 10.5 Å². The Bertz CT molecular complexity index is 390. The number of nitrogens with zero attached hydrogens (tertiary/aromatic N) is 1. The van der Waals surface area contributed by atoms with Crippen LogP contribution in [0, 0.1) is 5.92 Å². The van der Waals surface area contributed by atoms with Crippen LogP contribution in [0.15, 0.2) is 24.3 Å². The summed E-state index contributed by atoms with van der Waals surface area (Å²) < 4.78 is 5.48. The van der Waals surface area contributed by atoms with E-state index in [1.54, 1.807) is 7.11 Å². The highest BCUT2D eigenvalue weighted by Gasteiger charge is 2.28. The molecule has 0 aliphatic rings. The van der Waals surface area contributed by atoms with Gasteiger partial charge in [0.25, 0.3) is 0 Å². The second kappa shape index (κ2) is 6.92. The fourth-order valence-electron chi connectivity index (χ4n) is 2.51. The Kier molecular flexibility index (Phi) is 5.83. The van der Waals surface area contributed by atoms with Gasteiger partial charge >= 0.3 is 0 Å². The van der Waals surface area contributed by atoms with Gasteiger partial charge in [0.1, 0.15) is 5.75 Å². The van der Waals surface area contributed by atoms with E-state index in [9.17, 15) is 0 Å². The minimum absolute atomic E-state index is 0.0440. The molecule has 0 saturated carbocycles. The van der Waals surface area contributed by atoms with Crippen molar-refractivity contribution in [2.45, 2.75) is 45.8 Å². The summed E-state index contributed by atoms with van der Waals surface area (Å²) in [6.45, 7) is 8.78. The molecule has 108 valence electrons. The smallest absolute Gasteiger partial charge is 0.123 e. The lowest BCUT2D eigenvalue weighted by molar-refractivity contribution is 0.130. The van der Waals surface area contributed by atoms with E-state index >= 15 is 0 Å². The van der Waals surface area contributed by atoms with Crippen LogP contribution in [0.3, 0.4) is 0 Å². The highest BCUT2D eigenvalue weighted by molar-refractivity contribution is 5.36. The van der Waals surface area contributed by atoms with Gasteiger partial charge in [-0.2, -0.15) is 0 Å². The largest absolute Gasteiger partial charge is 0.496 e. The van der Waals surface area contributed by atoms with E-state index in [1.807, 2.05) is 18.2 Å². The summed E-state index contributed by atoms with van der Waals surface area (Å²) >= 11 is 0. The summed E-state index contributed by atoms with van der Waals surface area (Å²) in [4.78, 5) is 2.35. The van der Waals surface area contributed by atoms with Crippen LogP contribution in [0.25, 0.3) is 0 Å². The fourth-order valence-corrected chi connectivity index (χ4v) is 2.51. The van der Waals surface area contributed by atoms with E-state index in [1.165, 1.54) is 0 Å². The lowest BCUT2D eigenvalue weighted by Gasteiger charge is -2.38. The predicted molar refractivity (Wildman–Crippen MR) is 81.4 cm³/mol. The molecule has 19 heavy (non-hydrogen) atoms. The van der Waals surface area contributed by atoms with Crippen LogP contribution in [0.1, 0.15) is 39.3 Å². The zero-order valence-corrected chi connectivity index (χ0v) is 13.1. The van der Waals surface area contributed by atoms with Gasteiger partial charge in [-0.05, 0) is 32.9 Å². The number of para-hydroxylation sites is 1. The molecule has 3 nitrogen and oxygen atoms in total. The van der Waals surface area contributed by atoms with E-state index in [-0.39, 0.29) is 12.1 Å². The van der Waals surface area contributed by atoms with Crippen molar-refractivity contribution in [1.82, 2.24) is 4.90 Å². The first-order valence-electron chi connectivity index (χ1n) is 7.00. The van der Waals surface area contributed by atoms with Crippen LogP contribution < -0.4 is 10.5 Å². The topological polar surface area (TPSA) is 38.5 Å². The van der Waals surface area contributed by atoms with Crippen molar-refractivity contribution in [3.05, 3.63) is 29.8 Å². The predicted octanol–water partition coefficient (Wildman–Crippen LogP) is 3.06. The van der Waals surface area contributed by atoms with Crippen molar-refractivity contribution < 1.29 is 4.74 Å². The third-order valence-electron chi connectivity index (χ3n) is 4.00. The molecule has 0 fully saturated rings. The summed E-state index contributed by atoms with van der Waals surface area (Å²) in [5.41, 5.74) is 7.40. The van der Waals surface area contributed by atoms with Crippen molar-refractivity contribution >= 4 is 0 Å². The molecule has 2 N–H and O–H groups in total. The summed E-state index contributed by atoms with van der Waals surface area (Å²) in [5, 5.41) is 0. The molecule has 1 aromatic rings. The molecule has 0 saturated heterocycles. The number of methoxy groups -OCH3 is 1. The molecule has 3 heteroatoms. The van der Waals surface area contributed by atoms with Gasteiger partial charge in [0.15, 0.2) is 0 Å². The van der Waals surface area contributed by atoms with Gasteiger partial charge in [-0.25, -0.2) is 0 Å². The monoisotopic (exact) mass is 264 g/mol. The quantitative estimate of drug-likeness (QED) is 0.858. The van der Waals surface area contributed by atoms with E-state index in [0.29, 0.717) is 12.0 Å². The maximum absolute atomic E-state index is 6.23. The minimum Gasteiger partial charge on any atom is -0.496 e. The molecular weight excluding hydrogens is 236 g/mol. The highest BCUT2D eigenvalue weighted by Crippen LogP contribution is 2.32. The average molecular weight is 264 g/mol. The van der Waals surface area contributed by atoms with Crippen molar-refractivity contribution in [1.29, 1.82) is 0 Å². The molecule has 3 unspecified atom stereocenters. The number of rotatable bonds is 6. The number of hydrogen-bond donors (Lipinski definition) is 1. The van der Waals surface area contributed by atoms with E-state index < -0.39 is 0 Å². The van der Waals surface area contributed by atoms with Gasteiger partial charge in [0, 0.05) is 17.6 Å². The first-order chi connectivity index (χ1) is 8.90. The van der Waals surface area contributed by atoms with Gasteiger partial charge in [-0.1, -0.05) is 32.0 Å². The summed E-state index contributed by atoms with van der Waals surface area (Å²) in [5.74, 6) is 1.49. The van der Waals surface area contributed by atoms with Gasteiger partial charge in [0.2, 0.25) is 0 Å². The average Bonchev–Trinajstić information content (AvgIpc) is 2.37. The van der Waals surface area contributed by atoms with Crippen molar-refractivity contribution in [3.63, 3.8) is 0 Å².